The summed E-state index contributed by atoms with van der Waals surface area (Å²) in [6, 6.07) is 0. The molecule has 0 aromatic carbocycles. The molecule has 1 aromatic rings. The molecule has 0 amide bonds. The van der Waals surface area contributed by atoms with Gasteiger partial charge in [0.25, 0.3) is 0 Å². The number of nitrogens with one attached hydrogen (secondary N) is 1. The molecular weight excluding hydrogens is 222 g/mol. The van der Waals surface area contributed by atoms with Crippen LogP contribution in [0.15, 0.2) is 6.20 Å². The van der Waals surface area contributed by atoms with Crippen LogP contribution in [0.4, 0.5) is 0 Å². The Kier molecular flexibility index (Phi) is 3.99. The van der Waals surface area contributed by atoms with E-state index in [4.69, 9.17) is 5.14 Å². The van der Waals surface area contributed by atoms with Crippen molar-refractivity contribution < 1.29 is 8.42 Å². The average molecular weight is 235 g/mol. The number of hydrogen-bond acceptors (Lipinski definition) is 5. The number of nitrogens with two attached hydrogens (primary N) is 1. The second-order valence-corrected chi connectivity index (χ2v) is 5.62. The van der Waals surface area contributed by atoms with Crippen molar-refractivity contribution in [1.29, 1.82) is 0 Å². The van der Waals surface area contributed by atoms with E-state index in [-0.39, 0.29) is 5.75 Å². The zero-order valence-electron chi connectivity index (χ0n) is 7.86. The molecule has 0 radical (unpaired) electrons. The van der Waals surface area contributed by atoms with Crippen LogP contribution in [0.5, 0.6) is 0 Å². The van der Waals surface area contributed by atoms with Gasteiger partial charge in [-0.1, -0.05) is 6.92 Å². The lowest BCUT2D eigenvalue weighted by atomic mass is 10.5. The lowest BCUT2D eigenvalue weighted by Crippen LogP contribution is -2.14. The van der Waals surface area contributed by atoms with Crippen LogP contribution in [0, 0.1) is 0 Å². The van der Waals surface area contributed by atoms with Crippen molar-refractivity contribution in [2.75, 3.05) is 6.54 Å². The van der Waals surface area contributed by atoms with Gasteiger partial charge >= 0.3 is 0 Å². The van der Waals surface area contributed by atoms with Gasteiger partial charge in [-0.25, -0.2) is 18.5 Å². The highest BCUT2D eigenvalue weighted by molar-refractivity contribution is 7.88. The van der Waals surface area contributed by atoms with Gasteiger partial charge in [0.2, 0.25) is 10.0 Å². The number of sulfonamides is 1. The first-order valence-electron chi connectivity index (χ1n) is 4.16. The smallest absolute Gasteiger partial charge is 0.215 e. The molecule has 7 heteroatoms. The summed E-state index contributed by atoms with van der Waals surface area (Å²) in [5.41, 5.74) is 0. The Labute approximate surface area is 87.4 Å². The van der Waals surface area contributed by atoms with Gasteiger partial charge in [-0.3, -0.25) is 0 Å². The molecule has 0 aliphatic heterocycles. The Morgan fingerprint density at radius 1 is 1.64 bits per heavy atom. The minimum absolute atomic E-state index is 0.177. The van der Waals surface area contributed by atoms with Gasteiger partial charge in [0.15, 0.2) is 0 Å². The molecule has 1 heterocycles. The third kappa shape index (κ3) is 4.14. The van der Waals surface area contributed by atoms with E-state index in [1.54, 1.807) is 6.20 Å². The number of hydrogen-bond donors (Lipinski definition) is 2. The normalized spacial score (nSPS) is 11.9. The Morgan fingerprint density at radius 2 is 2.36 bits per heavy atom. The number of primary sulfonamides is 1. The maximum atomic E-state index is 10.8. The zero-order valence-corrected chi connectivity index (χ0v) is 9.49. The summed E-state index contributed by atoms with van der Waals surface area (Å²) in [7, 11) is -3.46. The first-order valence-corrected chi connectivity index (χ1v) is 6.69. The fourth-order valence-electron chi connectivity index (χ4n) is 0.917. The van der Waals surface area contributed by atoms with Gasteiger partial charge in [-0.15, -0.1) is 11.3 Å². The van der Waals surface area contributed by atoms with E-state index in [1.807, 2.05) is 6.92 Å². The molecule has 0 saturated heterocycles. The number of aromatic nitrogens is 1. The van der Waals surface area contributed by atoms with E-state index in [9.17, 15) is 8.42 Å². The fourth-order valence-corrected chi connectivity index (χ4v) is 2.75. The molecule has 80 valence electrons. The van der Waals surface area contributed by atoms with Crippen molar-refractivity contribution in [2.45, 2.75) is 19.2 Å². The first-order chi connectivity index (χ1) is 6.51. The van der Waals surface area contributed by atoms with Crippen LogP contribution >= 0.6 is 11.3 Å². The summed E-state index contributed by atoms with van der Waals surface area (Å²) in [4.78, 5) is 4.99. The third-order valence-electron chi connectivity index (χ3n) is 1.48. The molecule has 1 rings (SSSR count). The van der Waals surface area contributed by atoms with E-state index < -0.39 is 10.0 Å². The SMILES string of the molecule is CCNCc1cnc(CS(N)(=O)=O)s1. The number of thiazole rings is 1. The molecule has 0 aliphatic rings. The van der Waals surface area contributed by atoms with Gasteiger partial charge in [0.1, 0.15) is 10.8 Å². The lowest BCUT2D eigenvalue weighted by molar-refractivity contribution is 0.597. The van der Waals surface area contributed by atoms with Crippen LogP contribution in [-0.4, -0.2) is 19.9 Å². The summed E-state index contributed by atoms with van der Waals surface area (Å²) < 4.78 is 21.5. The second kappa shape index (κ2) is 4.83. The summed E-state index contributed by atoms with van der Waals surface area (Å²) in [5, 5.41) is 8.57. The van der Waals surface area contributed by atoms with Gasteiger partial charge in [0, 0.05) is 17.6 Å². The molecular formula is C7H13N3O2S2. The summed E-state index contributed by atoms with van der Waals surface area (Å²) in [6.45, 7) is 3.60. The first kappa shape index (κ1) is 11.6. The minimum atomic E-state index is -3.46. The average Bonchev–Trinajstić information content (AvgIpc) is 2.46. The zero-order chi connectivity index (χ0) is 10.6. The third-order valence-corrected chi connectivity index (χ3v) is 3.33. The summed E-state index contributed by atoms with van der Waals surface area (Å²) in [6.07, 6.45) is 1.67. The van der Waals surface area contributed by atoms with Crippen molar-refractivity contribution in [3.63, 3.8) is 0 Å². The lowest BCUT2D eigenvalue weighted by Gasteiger charge is -1.95. The van der Waals surface area contributed by atoms with Crippen LogP contribution in [0.2, 0.25) is 0 Å². The van der Waals surface area contributed by atoms with Crippen molar-refractivity contribution in [2.24, 2.45) is 5.14 Å². The van der Waals surface area contributed by atoms with Crippen LogP contribution in [-0.2, 0) is 22.3 Å². The second-order valence-electron chi connectivity index (χ2n) is 2.81. The van der Waals surface area contributed by atoms with Crippen molar-refractivity contribution in [3.8, 4) is 0 Å². The van der Waals surface area contributed by atoms with E-state index in [0.717, 1.165) is 18.0 Å². The van der Waals surface area contributed by atoms with Crippen LogP contribution in [0.25, 0.3) is 0 Å². The van der Waals surface area contributed by atoms with Crippen molar-refractivity contribution in [1.82, 2.24) is 10.3 Å². The Morgan fingerprint density at radius 3 is 2.93 bits per heavy atom. The van der Waals surface area contributed by atoms with E-state index in [1.165, 1.54) is 11.3 Å². The molecule has 14 heavy (non-hydrogen) atoms. The van der Waals surface area contributed by atoms with Gasteiger partial charge in [-0.2, -0.15) is 0 Å². The summed E-state index contributed by atoms with van der Waals surface area (Å²) >= 11 is 1.37. The van der Waals surface area contributed by atoms with Crippen molar-refractivity contribution in [3.05, 3.63) is 16.1 Å². The van der Waals surface area contributed by atoms with Gasteiger partial charge < -0.3 is 5.32 Å². The molecule has 0 fully saturated rings. The van der Waals surface area contributed by atoms with Crippen LogP contribution < -0.4 is 10.5 Å². The molecule has 0 saturated carbocycles. The monoisotopic (exact) mass is 235 g/mol. The highest BCUT2D eigenvalue weighted by Gasteiger charge is 2.08. The van der Waals surface area contributed by atoms with Gasteiger partial charge in [-0.05, 0) is 6.54 Å². The molecule has 1 aromatic heterocycles. The predicted octanol–water partition coefficient (Wildman–Crippen LogP) is 0.0411. The molecule has 0 spiro atoms. The highest BCUT2D eigenvalue weighted by atomic mass is 32.2. The maximum absolute atomic E-state index is 10.8. The molecule has 0 atom stereocenters. The Hall–Kier alpha value is -0.500. The standard InChI is InChI=1S/C7H13N3O2S2/c1-2-9-3-6-4-10-7(13-6)5-14(8,11)12/h4,9H,2-3,5H2,1H3,(H2,8,11,12). The minimum Gasteiger partial charge on any atom is -0.312 e. The van der Waals surface area contributed by atoms with E-state index >= 15 is 0 Å². The molecule has 0 unspecified atom stereocenters. The predicted molar refractivity (Wildman–Crippen MR) is 56.3 cm³/mol. The molecule has 0 bridgehead atoms. The van der Waals surface area contributed by atoms with Gasteiger partial charge in [0.05, 0.1) is 0 Å². The Bertz CT molecular complexity index is 385. The molecule has 3 N–H and O–H groups in total. The highest BCUT2D eigenvalue weighted by Crippen LogP contribution is 2.14. The van der Waals surface area contributed by atoms with Crippen LogP contribution in [0.3, 0.4) is 0 Å². The van der Waals surface area contributed by atoms with E-state index in [0.29, 0.717) is 5.01 Å². The van der Waals surface area contributed by atoms with Crippen LogP contribution in [0.1, 0.15) is 16.8 Å². The largest absolute Gasteiger partial charge is 0.312 e. The quantitative estimate of drug-likeness (QED) is 0.754. The summed E-state index contributed by atoms with van der Waals surface area (Å²) in [5.74, 6) is -0.177. The fraction of sp³-hybridized carbons (Fsp3) is 0.571. The number of rotatable bonds is 5. The van der Waals surface area contributed by atoms with Crippen molar-refractivity contribution >= 4 is 21.4 Å². The molecule has 0 aliphatic carbocycles. The number of nitrogens with zero attached hydrogens (tertiary/aromatic N) is 1. The topological polar surface area (TPSA) is 85.1 Å². The Balaban J connectivity index is 2.59. The van der Waals surface area contributed by atoms with E-state index in [2.05, 4.69) is 10.3 Å². The molecule has 5 nitrogen and oxygen atoms in total. The maximum Gasteiger partial charge on any atom is 0.215 e.